The molecule has 3 saturated carbocycles. The van der Waals surface area contributed by atoms with Crippen LogP contribution in [-0.4, -0.2) is 46.8 Å². The number of rotatable bonds is 6. The third-order valence-electron chi connectivity index (χ3n) is 10.7. The summed E-state index contributed by atoms with van der Waals surface area (Å²) in [5.74, 6) is -1.89. The fourth-order valence-corrected chi connectivity index (χ4v) is 8.46. The molecule has 1 unspecified atom stereocenters. The predicted molar refractivity (Wildman–Crippen MR) is 156 cm³/mol. The Morgan fingerprint density at radius 3 is 2.45 bits per heavy atom. The van der Waals surface area contributed by atoms with Crippen LogP contribution in [0, 0.1) is 34.0 Å². The minimum atomic E-state index is -2.11. The molecule has 9 heteroatoms. The number of hydrogen-bond donors (Lipinski definition) is 1. The second-order valence-electron chi connectivity index (χ2n) is 12.7. The second kappa shape index (κ2) is 10.7. The smallest absolute Gasteiger partial charge is 0.352 e. The van der Waals surface area contributed by atoms with Crippen molar-refractivity contribution in [2.45, 2.75) is 63.3 Å². The van der Waals surface area contributed by atoms with E-state index >= 15 is 4.39 Å². The molecular formula is C35H34FNO7. The molecule has 1 N–H and O–H groups in total. The van der Waals surface area contributed by atoms with Crippen LogP contribution in [0.4, 0.5) is 4.39 Å². The number of fused-ring (bicyclic) bond motifs is 5. The highest BCUT2D eigenvalue weighted by Crippen LogP contribution is 2.70. The van der Waals surface area contributed by atoms with Crippen LogP contribution in [0.5, 0.6) is 11.5 Å². The van der Waals surface area contributed by atoms with Gasteiger partial charge in [-0.05, 0) is 93.5 Å². The molecule has 0 amide bonds. The van der Waals surface area contributed by atoms with Gasteiger partial charge in [0.25, 0.3) is 0 Å². The van der Waals surface area contributed by atoms with Gasteiger partial charge in [0, 0.05) is 16.7 Å². The number of nitriles is 1. The zero-order valence-corrected chi connectivity index (χ0v) is 24.6. The number of benzene rings is 2. The number of allylic oxidation sites excluding steroid dienone is 4. The fourth-order valence-electron chi connectivity index (χ4n) is 8.46. The molecule has 0 heterocycles. The number of esters is 2. The van der Waals surface area contributed by atoms with E-state index in [1.807, 2.05) is 18.2 Å². The van der Waals surface area contributed by atoms with E-state index in [4.69, 9.17) is 19.5 Å². The van der Waals surface area contributed by atoms with Gasteiger partial charge in [-0.15, -0.1) is 0 Å². The van der Waals surface area contributed by atoms with Gasteiger partial charge in [-0.2, -0.15) is 5.26 Å². The van der Waals surface area contributed by atoms with Crippen molar-refractivity contribution in [1.82, 2.24) is 0 Å². The third kappa shape index (κ3) is 4.30. The van der Waals surface area contributed by atoms with Crippen molar-refractivity contribution in [1.29, 1.82) is 5.26 Å². The Labute approximate surface area is 255 Å². The Kier molecular flexibility index (Phi) is 7.24. The molecule has 228 valence electrons. The minimum absolute atomic E-state index is 0.0480. The van der Waals surface area contributed by atoms with Crippen molar-refractivity contribution in [3.05, 3.63) is 84.0 Å². The van der Waals surface area contributed by atoms with Gasteiger partial charge in [0.05, 0.1) is 11.7 Å². The average Bonchev–Trinajstić information content (AvgIpc) is 3.29. The number of para-hydroxylation sites is 1. The summed E-state index contributed by atoms with van der Waals surface area (Å²) in [4.78, 5) is 39.6. The van der Waals surface area contributed by atoms with Crippen molar-refractivity contribution in [3.63, 3.8) is 0 Å². The van der Waals surface area contributed by atoms with E-state index in [1.165, 1.54) is 24.3 Å². The molecule has 7 atom stereocenters. The molecule has 8 nitrogen and oxygen atoms in total. The Hall–Kier alpha value is -4.29. The lowest BCUT2D eigenvalue weighted by Gasteiger charge is -2.62. The number of halogens is 1. The first-order valence-electron chi connectivity index (χ1n) is 14.9. The van der Waals surface area contributed by atoms with Gasteiger partial charge >= 0.3 is 11.9 Å². The summed E-state index contributed by atoms with van der Waals surface area (Å²) in [7, 11) is 0. The summed E-state index contributed by atoms with van der Waals surface area (Å²) < 4.78 is 34.7. The van der Waals surface area contributed by atoms with Crippen LogP contribution in [0.15, 0.2) is 78.4 Å². The van der Waals surface area contributed by atoms with E-state index in [0.717, 1.165) is 0 Å². The number of nitrogens with zero attached hydrogens (tertiary/aromatic N) is 1. The van der Waals surface area contributed by atoms with E-state index in [1.54, 1.807) is 50.3 Å². The van der Waals surface area contributed by atoms with Crippen molar-refractivity contribution >= 4 is 17.7 Å². The molecule has 2 aromatic rings. The summed E-state index contributed by atoms with van der Waals surface area (Å²) in [6, 6.07) is 17.2. The van der Waals surface area contributed by atoms with Gasteiger partial charge in [0.2, 0.25) is 5.60 Å². The van der Waals surface area contributed by atoms with Crippen LogP contribution >= 0.6 is 0 Å². The van der Waals surface area contributed by atoms with Crippen molar-refractivity contribution in [3.8, 4) is 17.6 Å². The van der Waals surface area contributed by atoms with Crippen molar-refractivity contribution in [2.75, 3.05) is 6.61 Å². The number of ketones is 1. The van der Waals surface area contributed by atoms with Crippen LogP contribution in [0.1, 0.15) is 56.3 Å². The van der Waals surface area contributed by atoms with Crippen molar-refractivity contribution in [2.24, 2.45) is 22.7 Å². The second-order valence-corrected chi connectivity index (χ2v) is 12.7. The summed E-state index contributed by atoms with van der Waals surface area (Å²) in [6.07, 6.45) is 3.88. The molecule has 0 saturated heterocycles. The van der Waals surface area contributed by atoms with Gasteiger partial charge in [-0.25, -0.2) is 14.0 Å². The largest absolute Gasteiger partial charge is 0.457 e. The molecule has 4 aliphatic rings. The van der Waals surface area contributed by atoms with Gasteiger partial charge in [0.1, 0.15) is 17.6 Å². The van der Waals surface area contributed by atoms with Crippen molar-refractivity contribution < 1.29 is 38.1 Å². The molecule has 4 aliphatic carbocycles. The standard InChI is InChI=1S/C35H34FNO7/c1-32-16-14-24(38)20-23(32)10-13-28-27-15-17-34(31(41)42-19-18-37,33(27,2)21-29(39)35(28,32)36)44-30(40)22-8-11-26(12-9-22)43-25-6-4-3-5-7-25/h3-9,11-12,14,16,20,27-29,39H,10,13,15,17,19,21H2,1-2H3/t27-,28-,29-,32-,33-,34+,35?/m0/s1. The van der Waals surface area contributed by atoms with Crippen LogP contribution in [0.25, 0.3) is 0 Å². The van der Waals surface area contributed by atoms with Gasteiger partial charge < -0.3 is 19.3 Å². The topological polar surface area (TPSA) is 123 Å². The van der Waals surface area contributed by atoms with Crippen LogP contribution < -0.4 is 4.74 Å². The molecule has 0 aliphatic heterocycles. The summed E-state index contributed by atoms with van der Waals surface area (Å²) in [6.45, 7) is 2.92. The lowest BCUT2D eigenvalue weighted by Crippen LogP contribution is -2.69. The van der Waals surface area contributed by atoms with Crippen LogP contribution in [-0.2, 0) is 19.1 Å². The lowest BCUT2D eigenvalue weighted by atomic mass is 9.45. The summed E-state index contributed by atoms with van der Waals surface area (Å²) in [5, 5.41) is 20.8. The summed E-state index contributed by atoms with van der Waals surface area (Å²) in [5.41, 5.74) is -5.55. The first-order chi connectivity index (χ1) is 21.0. The number of aliphatic hydroxyl groups is 1. The first-order valence-corrected chi connectivity index (χ1v) is 14.9. The van der Waals surface area contributed by atoms with Crippen LogP contribution in [0.3, 0.4) is 0 Å². The van der Waals surface area contributed by atoms with Gasteiger partial charge in [-0.1, -0.05) is 36.8 Å². The fraction of sp³-hybridized carbons (Fsp3) is 0.429. The number of ether oxygens (including phenoxy) is 3. The Balaban J connectivity index is 1.32. The minimum Gasteiger partial charge on any atom is -0.457 e. The van der Waals surface area contributed by atoms with E-state index in [2.05, 4.69) is 0 Å². The third-order valence-corrected chi connectivity index (χ3v) is 10.7. The SMILES string of the molecule is C[C@]12C=CC(=O)C=C1CC[C@H]1[C@@H]3CC[C@@](OC(=O)c4ccc(Oc5ccccc5)cc4)(C(=O)OCC#N)[C@@]3(C)C[C@H](O)C12F. The molecular weight excluding hydrogens is 565 g/mol. The number of hydrogen-bond acceptors (Lipinski definition) is 8. The van der Waals surface area contributed by atoms with Crippen LogP contribution in [0.2, 0.25) is 0 Å². The lowest BCUT2D eigenvalue weighted by molar-refractivity contribution is -0.224. The van der Waals surface area contributed by atoms with E-state index in [0.29, 0.717) is 36.3 Å². The van der Waals surface area contributed by atoms with Gasteiger partial charge in [0.15, 0.2) is 18.1 Å². The van der Waals surface area contributed by atoms with E-state index in [-0.39, 0.29) is 24.2 Å². The molecule has 44 heavy (non-hydrogen) atoms. The average molecular weight is 600 g/mol. The predicted octanol–water partition coefficient (Wildman–Crippen LogP) is 5.81. The molecule has 3 fully saturated rings. The monoisotopic (exact) mass is 599 g/mol. The highest BCUT2D eigenvalue weighted by Gasteiger charge is 2.76. The van der Waals surface area contributed by atoms with E-state index in [9.17, 15) is 19.5 Å². The summed E-state index contributed by atoms with van der Waals surface area (Å²) >= 11 is 0. The number of carbonyl (C=O) groups excluding carboxylic acids is 3. The zero-order valence-electron chi connectivity index (χ0n) is 24.6. The maximum absolute atomic E-state index is 17.5. The van der Waals surface area contributed by atoms with Gasteiger partial charge in [-0.3, -0.25) is 4.79 Å². The Bertz CT molecular complexity index is 1600. The molecule has 0 bridgehead atoms. The first kappa shape index (κ1) is 29.8. The number of alkyl halides is 1. The maximum Gasteiger partial charge on any atom is 0.352 e. The molecule has 2 aromatic carbocycles. The highest BCUT2D eigenvalue weighted by molar-refractivity contribution is 6.01. The normalized spacial score (nSPS) is 35.3. The maximum atomic E-state index is 17.5. The highest BCUT2D eigenvalue weighted by atomic mass is 19.1. The molecule has 0 aromatic heterocycles. The Morgan fingerprint density at radius 2 is 1.75 bits per heavy atom. The number of aliphatic hydroxyl groups excluding tert-OH is 1. The zero-order chi connectivity index (χ0) is 31.3. The molecule has 0 radical (unpaired) electrons. The number of carbonyl (C=O) groups is 3. The van der Waals surface area contributed by atoms with E-state index < -0.39 is 58.6 Å². The Morgan fingerprint density at radius 1 is 1.05 bits per heavy atom. The quantitative estimate of drug-likeness (QED) is 0.413. The molecule has 0 spiro atoms. The molecule has 6 rings (SSSR count).